The summed E-state index contributed by atoms with van der Waals surface area (Å²) in [5.41, 5.74) is 2.23. The maximum Gasteiger partial charge on any atom is 0.230 e. The molecule has 0 N–H and O–H groups in total. The minimum absolute atomic E-state index is 0.144. The first-order valence-corrected chi connectivity index (χ1v) is 6.09. The maximum absolute atomic E-state index is 12.3. The average Bonchev–Trinajstić information content (AvgIpc) is 2.47. The molecule has 0 bridgehead atoms. The molecule has 0 radical (unpaired) electrons. The van der Waals surface area contributed by atoms with Crippen molar-refractivity contribution in [1.82, 2.24) is 9.97 Å². The normalized spacial score (nSPS) is 10.6. The molecule has 0 atom stereocenters. The quantitative estimate of drug-likeness (QED) is 0.654. The third-order valence-corrected chi connectivity index (χ3v) is 3.03. The zero-order valence-corrected chi connectivity index (χ0v) is 10.5. The Balaban J connectivity index is 2.14. The standard InChI is InChI=1S/C16H12N2O/c1-11-13-9-5-6-10-14(13)18-16(17-11)15(19)12-7-3-2-4-8-12/h2-10H,1H3. The van der Waals surface area contributed by atoms with Gasteiger partial charge in [-0.15, -0.1) is 0 Å². The topological polar surface area (TPSA) is 42.9 Å². The highest BCUT2D eigenvalue weighted by atomic mass is 16.1. The lowest BCUT2D eigenvalue weighted by Gasteiger charge is -2.04. The van der Waals surface area contributed by atoms with Crippen LogP contribution in [0.2, 0.25) is 0 Å². The number of rotatable bonds is 2. The highest BCUT2D eigenvalue weighted by Crippen LogP contribution is 2.16. The number of fused-ring (bicyclic) bond motifs is 1. The van der Waals surface area contributed by atoms with Crippen LogP contribution in [0.25, 0.3) is 10.9 Å². The van der Waals surface area contributed by atoms with Crippen molar-refractivity contribution in [2.75, 3.05) is 0 Å². The number of aromatic nitrogens is 2. The largest absolute Gasteiger partial charge is 0.285 e. The Hall–Kier alpha value is -2.55. The molecule has 1 heterocycles. The summed E-state index contributed by atoms with van der Waals surface area (Å²) in [5, 5.41) is 0.979. The van der Waals surface area contributed by atoms with Gasteiger partial charge in [0.25, 0.3) is 0 Å². The van der Waals surface area contributed by atoms with Gasteiger partial charge in [-0.1, -0.05) is 48.5 Å². The molecule has 0 saturated carbocycles. The van der Waals surface area contributed by atoms with E-state index in [0.717, 1.165) is 16.6 Å². The summed E-state index contributed by atoms with van der Waals surface area (Å²) in [6.45, 7) is 1.89. The van der Waals surface area contributed by atoms with Crippen molar-refractivity contribution in [1.29, 1.82) is 0 Å². The first-order chi connectivity index (χ1) is 9.25. The third-order valence-electron chi connectivity index (χ3n) is 3.03. The predicted molar refractivity (Wildman–Crippen MR) is 74.1 cm³/mol. The number of hydrogen-bond acceptors (Lipinski definition) is 3. The van der Waals surface area contributed by atoms with Gasteiger partial charge in [-0.25, -0.2) is 9.97 Å². The maximum atomic E-state index is 12.3. The number of para-hydroxylation sites is 1. The Morgan fingerprint density at radius 3 is 2.37 bits per heavy atom. The van der Waals surface area contributed by atoms with Crippen LogP contribution in [-0.4, -0.2) is 15.8 Å². The number of hydrogen-bond donors (Lipinski definition) is 0. The summed E-state index contributed by atoms with van der Waals surface area (Å²) in [5.74, 6) is 0.108. The van der Waals surface area contributed by atoms with Gasteiger partial charge in [0.2, 0.25) is 11.6 Å². The molecule has 3 aromatic rings. The van der Waals surface area contributed by atoms with Crippen molar-refractivity contribution < 1.29 is 4.79 Å². The highest BCUT2D eigenvalue weighted by molar-refractivity contribution is 6.07. The average molecular weight is 248 g/mol. The van der Waals surface area contributed by atoms with Crippen molar-refractivity contribution in [3.63, 3.8) is 0 Å². The van der Waals surface area contributed by atoms with Gasteiger partial charge in [-0.3, -0.25) is 4.79 Å². The predicted octanol–water partition coefficient (Wildman–Crippen LogP) is 3.17. The monoisotopic (exact) mass is 248 g/mol. The first kappa shape index (κ1) is 11.5. The van der Waals surface area contributed by atoms with Crippen LogP contribution in [0.3, 0.4) is 0 Å². The van der Waals surface area contributed by atoms with Gasteiger partial charge in [0, 0.05) is 16.6 Å². The van der Waals surface area contributed by atoms with Crippen molar-refractivity contribution in [2.45, 2.75) is 6.92 Å². The van der Waals surface area contributed by atoms with E-state index in [1.165, 1.54) is 0 Å². The van der Waals surface area contributed by atoms with E-state index in [1.807, 2.05) is 49.4 Å². The summed E-state index contributed by atoms with van der Waals surface area (Å²) < 4.78 is 0. The van der Waals surface area contributed by atoms with Gasteiger partial charge in [0.05, 0.1) is 5.52 Å². The summed E-state index contributed by atoms with van der Waals surface area (Å²) in [4.78, 5) is 21.0. The zero-order chi connectivity index (χ0) is 13.2. The Morgan fingerprint density at radius 2 is 1.58 bits per heavy atom. The van der Waals surface area contributed by atoms with Crippen molar-refractivity contribution in [2.24, 2.45) is 0 Å². The van der Waals surface area contributed by atoms with Crippen LogP contribution in [0.1, 0.15) is 21.9 Å². The summed E-state index contributed by atoms with van der Waals surface area (Å²) >= 11 is 0. The molecule has 0 aliphatic carbocycles. The molecule has 0 saturated heterocycles. The Labute approximate surface area is 111 Å². The van der Waals surface area contributed by atoms with Crippen molar-refractivity contribution in [3.05, 3.63) is 71.7 Å². The van der Waals surface area contributed by atoms with Crippen LogP contribution in [0, 0.1) is 6.92 Å². The molecule has 3 heteroatoms. The van der Waals surface area contributed by atoms with E-state index in [-0.39, 0.29) is 11.6 Å². The molecule has 92 valence electrons. The second kappa shape index (κ2) is 4.61. The van der Waals surface area contributed by atoms with Gasteiger partial charge in [0.1, 0.15) is 0 Å². The fraction of sp³-hybridized carbons (Fsp3) is 0.0625. The number of ketones is 1. The van der Waals surface area contributed by atoms with Crippen LogP contribution in [0.15, 0.2) is 54.6 Å². The SMILES string of the molecule is Cc1nc(C(=O)c2ccccc2)nc2ccccc12. The zero-order valence-electron chi connectivity index (χ0n) is 10.5. The van der Waals surface area contributed by atoms with Crippen LogP contribution < -0.4 is 0 Å². The number of carbonyl (C=O) groups is 1. The molecule has 0 aliphatic heterocycles. The van der Waals surface area contributed by atoms with E-state index in [1.54, 1.807) is 12.1 Å². The van der Waals surface area contributed by atoms with Gasteiger partial charge in [-0.05, 0) is 13.0 Å². The second-order valence-electron chi connectivity index (χ2n) is 4.34. The Kier molecular flexibility index (Phi) is 2.80. The molecule has 2 aromatic carbocycles. The second-order valence-corrected chi connectivity index (χ2v) is 4.34. The smallest absolute Gasteiger partial charge is 0.230 e. The van der Waals surface area contributed by atoms with E-state index in [4.69, 9.17) is 0 Å². The van der Waals surface area contributed by atoms with E-state index in [2.05, 4.69) is 9.97 Å². The third kappa shape index (κ3) is 2.10. The van der Waals surface area contributed by atoms with Gasteiger partial charge >= 0.3 is 0 Å². The molecule has 0 unspecified atom stereocenters. The minimum Gasteiger partial charge on any atom is -0.285 e. The highest BCUT2D eigenvalue weighted by Gasteiger charge is 2.13. The molecule has 3 nitrogen and oxygen atoms in total. The molecule has 0 spiro atoms. The summed E-state index contributed by atoms with van der Waals surface area (Å²) in [6, 6.07) is 16.8. The molecule has 19 heavy (non-hydrogen) atoms. The van der Waals surface area contributed by atoms with E-state index in [9.17, 15) is 4.79 Å². The van der Waals surface area contributed by atoms with E-state index in [0.29, 0.717) is 5.56 Å². The van der Waals surface area contributed by atoms with Gasteiger partial charge < -0.3 is 0 Å². The lowest BCUT2D eigenvalue weighted by Crippen LogP contribution is -2.08. The van der Waals surface area contributed by atoms with Crippen molar-refractivity contribution >= 4 is 16.7 Å². The Bertz CT molecular complexity index is 751. The minimum atomic E-state index is -0.144. The molecular weight excluding hydrogens is 236 g/mol. The molecule has 1 aromatic heterocycles. The number of aryl methyl sites for hydroxylation is 1. The molecule has 3 rings (SSSR count). The number of nitrogens with zero attached hydrogens (tertiary/aromatic N) is 2. The lowest BCUT2D eigenvalue weighted by atomic mass is 10.1. The van der Waals surface area contributed by atoms with E-state index >= 15 is 0 Å². The van der Waals surface area contributed by atoms with Crippen LogP contribution in [0.4, 0.5) is 0 Å². The lowest BCUT2D eigenvalue weighted by molar-refractivity contribution is 0.102. The van der Waals surface area contributed by atoms with E-state index < -0.39 is 0 Å². The molecule has 0 aliphatic rings. The molecular formula is C16H12N2O. The van der Waals surface area contributed by atoms with Crippen LogP contribution in [-0.2, 0) is 0 Å². The van der Waals surface area contributed by atoms with Crippen LogP contribution >= 0.6 is 0 Å². The Morgan fingerprint density at radius 1 is 0.895 bits per heavy atom. The van der Waals surface area contributed by atoms with Crippen LogP contribution in [0.5, 0.6) is 0 Å². The fourth-order valence-electron chi connectivity index (χ4n) is 2.06. The summed E-state index contributed by atoms with van der Waals surface area (Å²) in [6.07, 6.45) is 0. The molecule has 0 amide bonds. The molecule has 0 fully saturated rings. The number of benzene rings is 2. The van der Waals surface area contributed by atoms with Gasteiger partial charge in [0.15, 0.2) is 0 Å². The fourth-order valence-corrected chi connectivity index (χ4v) is 2.06. The van der Waals surface area contributed by atoms with Crippen molar-refractivity contribution in [3.8, 4) is 0 Å². The first-order valence-electron chi connectivity index (χ1n) is 6.09. The number of carbonyl (C=O) groups excluding carboxylic acids is 1. The van der Waals surface area contributed by atoms with Gasteiger partial charge in [-0.2, -0.15) is 0 Å². The summed E-state index contributed by atoms with van der Waals surface area (Å²) in [7, 11) is 0.